The van der Waals surface area contributed by atoms with E-state index in [1.165, 1.54) is 64.5 Å². The molecule has 2 aliphatic rings. The van der Waals surface area contributed by atoms with Gasteiger partial charge in [0.1, 0.15) is 11.5 Å². The summed E-state index contributed by atoms with van der Waals surface area (Å²) in [5.74, 6) is 1.87. The highest BCUT2D eigenvalue weighted by molar-refractivity contribution is 7.26. The van der Waals surface area contributed by atoms with Crippen molar-refractivity contribution in [3.05, 3.63) is 212 Å². The molecule has 0 N–H and O–H groups in total. The number of ether oxygens (including phenoxy) is 1. The lowest BCUT2D eigenvalue weighted by Gasteiger charge is -2.40. The van der Waals surface area contributed by atoms with Gasteiger partial charge < -0.3 is 14.5 Å². The number of nitrogens with zero attached hydrogens (tertiary/aromatic N) is 2. The van der Waals surface area contributed by atoms with Crippen LogP contribution in [0.3, 0.4) is 0 Å². The van der Waals surface area contributed by atoms with E-state index in [0.29, 0.717) is 0 Å². The lowest BCUT2D eigenvalue weighted by Crippen LogP contribution is -2.59. The van der Waals surface area contributed by atoms with Crippen molar-refractivity contribution in [3.63, 3.8) is 0 Å². The van der Waals surface area contributed by atoms with E-state index in [-0.39, 0.29) is 6.71 Å². The Hall–Kier alpha value is -7.34. The lowest BCUT2D eigenvalue weighted by atomic mass is 9.34. The number of rotatable bonds is 6. The van der Waals surface area contributed by atoms with Crippen molar-refractivity contribution in [1.82, 2.24) is 0 Å². The summed E-state index contributed by atoms with van der Waals surface area (Å²) in [5, 5.41) is 2.45. The van der Waals surface area contributed by atoms with Crippen molar-refractivity contribution in [2.45, 2.75) is 0 Å². The number of thiophene rings is 1. The molecule has 0 fully saturated rings. The van der Waals surface area contributed by atoms with Gasteiger partial charge in [-0.3, -0.25) is 0 Å². The number of fused-ring (bicyclic) bond motifs is 8. The fourth-order valence-corrected chi connectivity index (χ4v) is 10.5. The van der Waals surface area contributed by atoms with Crippen LogP contribution in [-0.2, 0) is 0 Å². The predicted molar refractivity (Wildman–Crippen MR) is 251 cm³/mol. The SMILES string of the molecule is c1ccc(-c2ccc(N3c4ccc(-c5ccccc5)cc4B4c5ccc6c(sc7cc(N(c8ccccc8)c8ccccc8)ccc76)c5Oc5cccc3c54)cc2)cc1. The van der Waals surface area contributed by atoms with Crippen LogP contribution in [0, 0.1) is 0 Å². The Kier molecular flexibility index (Phi) is 7.82. The Balaban J connectivity index is 1.03. The minimum Gasteiger partial charge on any atom is -0.457 e. The maximum Gasteiger partial charge on any atom is 0.256 e. The first-order chi connectivity index (χ1) is 29.3. The molecule has 1 aromatic heterocycles. The molecule has 2 aliphatic heterocycles. The van der Waals surface area contributed by atoms with Gasteiger partial charge in [0.05, 0.1) is 4.70 Å². The van der Waals surface area contributed by atoms with Gasteiger partial charge in [-0.2, -0.15) is 0 Å². The van der Waals surface area contributed by atoms with Crippen LogP contribution in [0.5, 0.6) is 11.5 Å². The van der Waals surface area contributed by atoms with Gasteiger partial charge in [-0.15, -0.1) is 11.3 Å². The molecule has 0 atom stereocenters. The Labute approximate surface area is 347 Å². The Morgan fingerprint density at radius 2 is 1.05 bits per heavy atom. The van der Waals surface area contributed by atoms with Crippen molar-refractivity contribution in [2.24, 2.45) is 0 Å². The van der Waals surface area contributed by atoms with Crippen molar-refractivity contribution in [1.29, 1.82) is 0 Å². The molecule has 3 nitrogen and oxygen atoms in total. The summed E-state index contributed by atoms with van der Waals surface area (Å²) in [6, 6.07) is 76.6. The van der Waals surface area contributed by atoms with Crippen molar-refractivity contribution in [2.75, 3.05) is 9.80 Å². The molecule has 0 saturated heterocycles. The highest BCUT2D eigenvalue weighted by Crippen LogP contribution is 2.47. The third kappa shape index (κ3) is 5.50. The minimum atomic E-state index is -0.0136. The van der Waals surface area contributed by atoms with Gasteiger partial charge >= 0.3 is 0 Å². The average molecular weight is 771 g/mol. The molecule has 0 aliphatic carbocycles. The van der Waals surface area contributed by atoms with E-state index in [0.717, 1.165) is 39.9 Å². The van der Waals surface area contributed by atoms with Gasteiger partial charge in [-0.1, -0.05) is 146 Å². The molecule has 0 spiro atoms. The Morgan fingerprint density at radius 3 is 1.75 bits per heavy atom. The third-order valence-electron chi connectivity index (χ3n) is 11.9. The zero-order valence-corrected chi connectivity index (χ0v) is 32.8. The first-order valence-corrected chi connectivity index (χ1v) is 20.9. The number of para-hydroxylation sites is 2. The highest BCUT2D eigenvalue weighted by atomic mass is 32.1. The van der Waals surface area contributed by atoms with Crippen LogP contribution in [0.25, 0.3) is 42.4 Å². The summed E-state index contributed by atoms with van der Waals surface area (Å²) in [6.07, 6.45) is 0. The zero-order chi connectivity index (χ0) is 38.9. The first-order valence-electron chi connectivity index (χ1n) is 20.1. The third-order valence-corrected chi connectivity index (χ3v) is 13.1. The largest absolute Gasteiger partial charge is 0.457 e. The topological polar surface area (TPSA) is 15.7 Å². The van der Waals surface area contributed by atoms with Gasteiger partial charge in [-0.05, 0) is 105 Å². The van der Waals surface area contributed by atoms with E-state index in [9.17, 15) is 0 Å². The predicted octanol–water partition coefficient (Wildman–Crippen LogP) is 13.3. The summed E-state index contributed by atoms with van der Waals surface area (Å²) in [4.78, 5) is 4.76. The van der Waals surface area contributed by atoms with Gasteiger partial charge in [0.15, 0.2) is 0 Å². The Bertz CT molecular complexity index is 3150. The Morgan fingerprint density at radius 1 is 0.441 bits per heavy atom. The first kappa shape index (κ1) is 33.8. The van der Waals surface area contributed by atoms with Crippen LogP contribution < -0.4 is 30.9 Å². The second-order valence-corrected chi connectivity index (χ2v) is 16.3. The second kappa shape index (κ2) is 13.7. The summed E-state index contributed by atoms with van der Waals surface area (Å²) in [5.41, 5.74) is 15.3. The van der Waals surface area contributed by atoms with Crippen LogP contribution in [0.15, 0.2) is 212 Å². The molecule has 0 unspecified atom stereocenters. The molecule has 5 heteroatoms. The van der Waals surface area contributed by atoms with Gasteiger partial charge in [-0.25, -0.2) is 0 Å². The normalized spacial score (nSPS) is 12.5. The van der Waals surface area contributed by atoms with E-state index in [1.54, 1.807) is 0 Å². The molecule has 12 rings (SSSR count). The summed E-state index contributed by atoms with van der Waals surface area (Å²) >= 11 is 1.82. The standard InChI is InChI=1S/C54H35BN2OS/c1-5-14-36(15-6-1)38-24-27-42(28-25-38)57-48-33-26-39(37-16-7-2-8-17-37)34-47(48)55-46-32-31-45-44-30-29-43(56(40-18-9-3-10-19-40)41-20-11-4-12-21-41)35-51(44)59-54(45)53(46)58-50-23-13-22-49(57)52(50)55/h1-35H. The molecule has 276 valence electrons. The minimum absolute atomic E-state index is 0.0136. The summed E-state index contributed by atoms with van der Waals surface area (Å²) < 4.78 is 9.55. The van der Waals surface area contributed by atoms with E-state index >= 15 is 0 Å². The van der Waals surface area contributed by atoms with Crippen molar-refractivity contribution < 1.29 is 4.74 Å². The van der Waals surface area contributed by atoms with Crippen molar-refractivity contribution >= 4 is 88.7 Å². The number of benzene rings is 9. The fraction of sp³-hybridized carbons (Fsp3) is 0. The molecule has 0 saturated carbocycles. The van der Waals surface area contributed by atoms with Gasteiger partial charge in [0.2, 0.25) is 0 Å². The zero-order valence-electron chi connectivity index (χ0n) is 32.0. The van der Waals surface area contributed by atoms with Crippen molar-refractivity contribution in [3.8, 4) is 33.8 Å². The smallest absolute Gasteiger partial charge is 0.256 e. The maximum absolute atomic E-state index is 7.15. The summed E-state index contributed by atoms with van der Waals surface area (Å²) in [6.45, 7) is -0.0136. The molecular formula is C54H35BN2OS. The van der Waals surface area contributed by atoms with Crippen LogP contribution in [0.1, 0.15) is 0 Å². The number of hydrogen-bond donors (Lipinski definition) is 0. The highest BCUT2D eigenvalue weighted by Gasteiger charge is 2.42. The van der Waals surface area contributed by atoms with E-state index in [2.05, 4.69) is 222 Å². The molecule has 9 aromatic carbocycles. The van der Waals surface area contributed by atoms with E-state index < -0.39 is 0 Å². The average Bonchev–Trinajstić information content (AvgIpc) is 3.69. The molecule has 0 amide bonds. The quantitative estimate of drug-likeness (QED) is 0.157. The molecule has 59 heavy (non-hydrogen) atoms. The lowest BCUT2D eigenvalue weighted by molar-refractivity contribution is 0.494. The molecule has 10 aromatic rings. The maximum atomic E-state index is 7.15. The summed E-state index contributed by atoms with van der Waals surface area (Å²) in [7, 11) is 0. The van der Waals surface area contributed by atoms with E-state index in [1.807, 2.05) is 11.3 Å². The monoisotopic (exact) mass is 770 g/mol. The van der Waals surface area contributed by atoms with Gasteiger partial charge in [0.25, 0.3) is 6.71 Å². The van der Waals surface area contributed by atoms with Crippen LogP contribution >= 0.6 is 11.3 Å². The molecule has 3 heterocycles. The molecular weight excluding hydrogens is 735 g/mol. The van der Waals surface area contributed by atoms with Gasteiger partial charge in [0, 0.05) is 49.6 Å². The van der Waals surface area contributed by atoms with Crippen LogP contribution in [-0.4, -0.2) is 6.71 Å². The van der Waals surface area contributed by atoms with E-state index in [4.69, 9.17) is 4.74 Å². The fourth-order valence-electron chi connectivity index (χ4n) is 9.23. The van der Waals surface area contributed by atoms with Crippen LogP contribution in [0.2, 0.25) is 0 Å². The molecule has 0 bridgehead atoms. The number of hydrogen-bond acceptors (Lipinski definition) is 4. The molecule has 0 radical (unpaired) electrons. The number of anilines is 6. The second-order valence-electron chi connectivity index (χ2n) is 15.3. The van der Waals surface area contributed by atoms with Crippen LogP contribution in [0.4, 0.5) is 34.1 Å².